The molecule has 0 bridgehead atoms. The van der Waals surface area contributed by atoms with Gasteiger partial charge in [0.25, 0.3) is 0 Å². The number of carboxylic acids is 1. The van der Waals surface area contributed by atoms with E-state index >= 15 is 0 Å². The SMILES string of the molecule is CCc1c(F)c(F)c(F)c(CCCC(=O)O)c1F. The maximum Gasteiger partial charge on any atom is 0.303 e. The summed E-state index contributed by atoms with van der Waals surface area (Å²) in [6.07, 6.45) is -0.730. The first kappa shape index (κ1) is 14.5. The third-order valence-electron chi connectivity index (χ3n) is 2.62. The van der Waals surface area contributed by atoms with Crippen molar-refractivity contribution in [2.45, 2.75) is 32.6 Å². The van der Waals surface area contributed by atoms with Gasteiger partial charge < -0.3 is 5.11 Å². The molecule has 0 heterocycles. The van der Waals surface area contributed by atoms with Gasteiger partial charge in [-0.25, -0.2) is 17.6 Å². The molecule has 2 nitrogen and oxygen atoms in total. The van der Waals surface area contributed by atoms with E-state index in [4.69, 9.17) is 5.11 Å². The van der Waals surface area contributed by atoms with E-state index in [1.54, 1.807) is 0 Å². The Balaban J connectivity index is 3.10. The summed E-state index contributed by atoms with van der Waals surface area (Å²) in [6.45, 7) is 1.42. The van der Waals surface area contributed by atoms with Gasteiger partial charge in [-0.1, -0.05) is 6.92 Å². The Hall–Kier alpha value is -1.59. The van der Waals surface area contributed by atoms with Gasteiger partial charge in [0.15, 0.2) is 17.5 Å². The fourth-order valence-corrected chi connectivity index (χ4v) is 1.68. The molecule has 1 aromatic rings. The summed E-state index contributed by atoms with van der Waals surface area (Å²) >= 11 is 0. The van der Waals surface area contributed by atoms with Crippen molar-refractivity contribution < 1.29 is 27.5 Å². The smallest absolute Gasteiger partial charge is 0.303 e. The van der Waals surface area contributed by atoms with Gasteiger partial charge in [-0.3, -0.25) is 4.79 Å². The van der Waals surface area contributed by atoms with Crippen LogP contribution in [0.1, 0.15) is 30.9 Å². The molecule has 1 rings (SSSR count). The Morgan fingerprint density at radius 3 is 2.06 bits per heavy atom. The fourth-order valence-electron chi connectivity index (χ4n) is 1.68. The molecule has 0 radical (unpaired) electrons. The van der Waals surface area contributed by atoms with E-state index in [1.165, 1.54) is 6.92 Å². The first-order valence-electron chi connectivity index (χ1n) is 5.45. The second-order valence-corrected chi connectivity index (χ2v) is 3.81. The molecule has 0 spiro atoms. The summed E-state index contributed by atoms with van der Waals surface area (Å²) in [7, 11) is 0. The molecule has 0 aliphatic carbocycles. The lowest BCUT2D eigenvalue weighted by Crippen LogP contribution is -2.09. The highest BCUT2D eigenvalue weighted by atomic mass is 19.2. The Kier molecular flexibility index (Phi) is 4.69. The van der Waals surface area contributed by atoms with Gasteiger partial charge in [0.05, 0.1) is 0 Å². The van der Waals surface area contributed by atoms with Crippen LogP contribution in [0.2, 0.25) is 0 Å². The van der Waals surface area contributed by atoms with E-state index in [0.29, 0.717) is 0 Å². The number of rotatable bonds is 5. The quantitative estimate of drug-likeness (QED) is 0.503. The number of hydrogen-bond donors (Lipinski definition) is 1. The molecule has 0 saturated heterocycles. The molecule has 100 valence electrons. The zero-order valence-corrected chi connectivity index (χ0v) is 9.70. The average molecular weight is 264 g/mol. The van der Waals surface area contributed by atoms with Crippen molar-refractivity contribution in [2.75, 3.05) is 0 Å². The predicted octanol–water partition coefficient (Wildman–Crippen LogP) is 3.21. The third kappa shape index (κ3) is 2.80. The maximum absolute atomic E-state index is 13.7. The van der Waals surface area contributed by atoms with Crippen LogP contribution in [0.15, 0.2) is 0 Å². The van der Waals surface area contributed by atoms with E-state index < -0.39 is 40.4 Å². The van der Waals surface area contributed by atoms with Crippen molar-refractivity contribution in [1.29, 1.82) is 0 Å². The monoisotopic (exact) mass is 264 g/mol. The van der Waals surface area contributed by atoms with Crippen LogP contribution < -0.4 is 0 Å². The standard InChI is InChI=1S/C12H12F4O2/c1-2-6-9(13)7(4-3-5-8(17)18)11(15)12(16)10(6)14/h2-5H2,1H3,(H,17,18). The summed E-state index contributed by atoms with van der Waals surface area (Å²) < 4.78 is 53.4. The molecule has 0 aliphatic heterocycles. The first-order valence-corrected chi connectivity index (χ1v) is 5.45. The van der Waals surface area contributed by atoms with Gasteiger partial charge in [0.1, 0.15) is 5.82 Å². The topological polar surface area (TPSA) is 37.3 Å². The van der Waals surface area contributed by atoms with Crippen molar-refractivity contribution in [3.05, 3.63) is 34.4 Å². The molecule has 0 amide bonds. The number of benzene rings is 1. The molecule has 0 aliphatic rings. The van der Waals surface area contributed by atoms with Gasteiger partial charge >= 0.3 is 5.97 Å². The van der Waals surface area contributed by atoms with Crippen LogP contribution in [0.3, 0.4) is 0 Å². The molecule has 0 fully saturated rings. The molecule has 0 atom stereocenters. The predicted molar refractivity (Wildman–Crippen MR) is 56.2 cm³/mol. The Bertz CT molecular complexity index is 472. The Morgan fingerprint density at radius 2 is 1.56 bits per heavy atom. The Labute approximate surface area is 101 Å². The summed E-state index contributed by atoms with van der Waals surface area (Å²) in [4.78, 5) is 10.3. The summed E-state index contributed by atoms with van der Waals surface area (Å²) in [5.41, 5.74) is -1.11. The van der Waals surface area contributed by atoms with E-state index in [9.17, 15) is 22.4 Å². The van der Waals surface area contributed by atoms with Crippen molar-refractivity contribution in [2.24, 2.45) is 0 Å². The first-order chi connectivity index (χ1) is 8.40. The summed E-state index contributed by atoms with van der Waals surface area (Å²) in [5, 5.41) is 8.41. The second-order valence-electron chi connectivity index (χ2n) is 3.81. The molecular formula is C12H12F4O2. The van der Waals surface area contributed by atoms with Crippen molar-refractivity contribution >= 4 is 5.97 Å². The molecule has 0 saturated carbocycles. The number of halogens is 4. The van der Waals surface area contributed by atoms with Gasteiger partial charge in [-0.15, -0.1) is 0 Å². The zero-order valence-electron chi connectivity index (χ0n) is 9.70. The van der Waals surface area contributed by atoms with Crippen LogP contribution in [0.25, 0.3) is 0 Å². The van der Waals surface area contributed by atoms with Crippen LogP contribution in [-0.2, 0) is 17.6 Å². The lowest BCUT2D eigenvalue weighted by Gasteiger charge is -2.10. The normalized spacial score (nSPS) is 10.7. The number of carbonyl (C=O) groups is 1. The van der Waals surface area contributed by atoms with Gasteiger partial charge in [0.2, 0.25) is 0 Å². The highest BCUT2D eigenvalue weighted by Crippen LogP contribution is 2.25. The van der Waals surface area contributed by atoms with Crippen molar-refractivity contribution in [3.8, 4) is 0 Å². The summed E-state index contributed by atoms with van der Waals surface area (Å²) in [6, 6.07) is 0. The molecule has 1 aromatic carbocycles. The second kappa shape index (κ2) is 5.84. The molecule has 0 unspecified atom stereocenters. The minimum Gasteiger partial charge on any atom is -0.481 e. The largest absolute Gasteiger partial charge is 0.481 e. The van der Waals surface area contributed by atoms with E-state index in [-0.39, 0.29) is 25.7 Å². The lowest BCUT2D eigenvalue weighted by molar-refractivity contribution is -0.137. The maximum atomic E-state index is 13.7. The van der Waals surface area contributed by atoms with Crippen LogP contribution in [0.5, 0.6) is 0 Å². The van der Waals surface area contributed by atoms with E-state index in [2.05, 4.69) is 0 Å². The van der Waals surface area contributed by atoms with Gasteiger partial charge in [-0.05, 0) is 19.3 Å². The number of hydrogen-bond acceptors (Lipinski definition) is 1. The molecule has 1 N–H and O–H groups in total. The molecular weight excluding hydrogens is 252 g/mol. The average Bonchev–Trinajstić information content (AvgIpc) is 2.31. The van der Waals surface area contributed by atoms with Crippen LogP contribution in [-0.4, -0.2) is 11.1 Å². The fraction of sp³-hybridized carbons (Fsp3) is 0.417. The minimum atomic E-state index is -1.71. The van der Waals surface area contributed by atoms with E-state index in [1.807, 2.05) is 0 Å². The van der Waals surface area contributed by atoms with Crippen LogP contribution in [0.4, 0.5) is 17.6 Å². The minimum absolute atomic E-state index is 0.0442. The van der Waals surface area contributed by atoms with Gasteiger partial charge in [0, 0.05) is 17.5 Å². The highest BCUT2D eigenvalue weighted by molar-refractivity contribution is 5.66. The van der Waals surface area contributed by atoms with Crippen LogP contribution >= 0.6 is 0 Å². The molecule has 0 aromatic heterocycles. The molecule has 6 heteroatoms. The Morgan fingerprint density at radius 1 is 1.00 bits per heavy atom. The van der Waals surface area contributed by atoms with Crippen molar-refractivity contribution in [1.82, 2.24) is 0 Å². The highest BCUT2D eigenvalue weighted by Gasteiger charge is 2.23. The molecule has 18 heavy (non-hydrogen) atoms. The van der Waals surface area contributed by atoms with Crippen molar-refractivity contribution in [3.63, 3.8) is 0 Å². The number of aliphatic carboxylic acids is 1. The summed E-state index contributed by atoms with van der Waals surface area (Å²) in [5.74, 6) is -7.05. The van der Waals surface area contributed by atoms with Gasteiger partial charge in [-0.2, -0.15) is 0 Å². The zero-order chi connectivity index (χ0) is 13.9. The lowest BCUT2D eigenvalue weighted by atomic mass is 10.0. The third-order valence-corrected chi connectivity index (χ3v) is 2.62. The van der Waals surface area contributed by atoms with E-state index in [0.717, 1.165) is 0 Å². The number of carboxylic acid groups (broad SMARTS) is 1. The van der Waals surface area contributed by atoms with Crippen LogP contribution in [0, 0.1) is 23.3 Å².